The molecule has 0 aromatic rings. The van der Waals surface area contributed by atoms with Gasteiger partial charge in [0.25, 0.3) is 0 Å². The average Bonchev–Trinajstić information content (AvgIpc) is 1.90. The van der Waals surface area contributed by atoms with E-state index in [0.717, 1.165) is 11.5 Å². The highest BCUT2D eigenvalue weighted by molar-refractivity contribution is 6.31. The zero-order chi connectivity index (χ0) is 6.69. The van der Waals surface area contributed by atoms with E-state index in [4.69, 9.17) is 11.6 Å². The topological polar surface area (TPSA) is 0 Å². The lowest BCUT2D eigenvalue weighted by molar-refractivity contribution is 0.822. The van der Waals surface area contributed by atoms with Gasteiger partial charge in [-0.25, -0.2) is 0 Å². The molecule has 0 aromatic heterocycles. The zero-order valence-corrected chi connectivity index (χ0v) is 5.93. The van der Waals surface area contributed by atoms with Crippen LogP contribution in [0.5, 0.6) is 0 Å². The zero-order valence-electron chi connectivity index (χ0n) is 5.18. The van der Waals surface area contributed by atoms with Gasteiger partial charge in [0.2, 0.25) is 0 Å². The van der Waals surface area contributed by atoms with Gasteiger partial charge in [0.05, 0.1) is 0 Å². The summed E-state index contributed by atoms with van der Waals surface area (Å²) < 4.78 is 0. The minimum absolute atomic E-state index is 0.493. The van der Waals surface area contributed by atoms with E-state index in [1.165, 1.54) is 0 Å². The van der Waals surface area contributed by atoms with E-state index in [0.29, 0.717) is 5.92 Å². The van der Waals surface area contributed by atoms with Crippen molar-refractivity contribution in [2.75, 3.05) is 0 Å². The van der Waals surface area contributed by atoms with Crippen molar-refractivity contribution in [3.63, 3.8) is 0 Å². The van der Waals surface area contributed by atoms with Crippen LogP contribution < -0.4 is 0 Å². The summed E-state index contributed by atoms with van der Waals surface area (Å²) in [7, 11) is 0. The Kier molecular flexibility index (Phi) is 2.12. The molecule has 1 rings (SSSR count). The molecule has 0 saturated heterocycles. The Morgan fingerprint density at radius 2 is 2.56 bits per heavy atom. The third-order valence-corrected chi connectivity index (χ3v) is 1.67. The fraction of sp³-hybridized carbons (Fsp3) is 0.250. The molecular formula is C8H9Cl. The maximum absolute atomic E-state index is 5.68. The fourth-order valence-corrected chi connectivity index (χ4v) is 0.947. The normalized spacial score (nSPS) is 25.4. The molecule has 0 fully saturated rings. The van der Waals surface area contributed by atoms with Crippen LogP contribution in [0.2, 0.25) is 0 Å². The third kappa shape index (κ3) is 1.72. The van der Waals surface area contributed by atoms with Crippen LogP contribution in [0, 0.1) is 5.92 Å². The highest BCUT2D eigenvalue weighted by Gasteiger charge is 2.01. The van der Waals surface area contributed by atoms with Crippen molar-refractivity contribution in [2.45, 2.75) is 6.42 Å². The van der Waals surface area contributed by atoms with E-state index in [1.54, 1.807) is 0 Å². The molecule has 1 atom stereocenters. The summed E-state index contributed by atoms with van der Waals surface area (Å²) in [5, 5.41) is 0.841. The van der Waals surface area contributed by atoms with Crippen molar-refractivity contribution in [3.05, 3.63) is 35.9 Å². The quantitative estimate of drug-likeness (QED) is 0.492. The Balaban J connectivity index is 2.58. The monoisotopic (exact) mass is 140 g/mol. The van der Waals surface area contributed by atoms with E-state index >= 15 is 0 Å². The van der Waals surface area contributed by atoms with Crippen molar-refractivity contribution in [1.29, 1.82) is 0 Å². The summed E-state index contributed by atoms with van der Waals surface area (Å²) in [6.07, 6.45) is 8.91. The van der Waals surface area contributed by atoms with Crippen molar-refractivity contribution < 1.29 is 0 Å². The van der Waals surface area contributed by atoms with Gasteiger partial charge in [-0.2, -0.15) is 0 Å². The average molecular weight is 141 g/mol. The smallest absolute Gasteiger partial charge is 0.0363 e. The largest absolute Gasteiger partial charge is 0.102 e. The molecule has 48 valence electrons. The maximum atomic E-state index is 5.68. The summed E-state index contributed by atoms with van der Waals surface area (Å²) >= 11 is 5.68. The molecule has 1 heteroatoms. The molecule has 1 aliphatic rings. The first-order valence-corrected chi connectivity index (χ1v) is 3.37. The van der Waals surface area contributed by atoms with E-state index in [-0.39, 0.29) is 0 Å². The molecular weight excluding hydrogens is 132 g/mol. The summed E-state index contributed by atoms with van der Waals surface area (Å²) in [6, 6.07) is 0. The van der Waals surface area contributed by atoms with Gasteiger partial charge in [0, 0.05) is 5.03 Å². The molecule has 1 aliphatic carbocycles. The Morgan fingerprint density at radius 1 is 1.78 bits per heavy atom. The Labute approximate surface area is 60.5 Å². The number of halogens is 1. The lowest BCUT2D eigenvalue weighted by atomic mass is 10.0. The minimum atomic E-state index is 0.493. The van der Waals surface area contributed by atoms with Gasteiger partial charge in [-0.3, -0.25) is 0 Å². The van der Waals surface area contributed by atoms with E-state index in [9.17, 15) is 0 Å². The van der Waals surface area contributed by atoms with E-state index in [2.05, 4.69) is 12.7 Å². The molecule has 0 N–H and O–H groups in total. The predicted molar refractivity (Wildman–Crippen MR) is 41.4 cm³/mol. The van der Waals surface area contributed by atoms with Gasteiger partial charge < -0.3 is 0 Å². The lowest BCUT2D eigenvalue weighted by Gasteiger charge is -2.07. The molecule has 1 unspecified atom stereocenters. The van der Waals surface area contributed by atoms with Crippen LogP contribution >= 0.6 is 11.6 Å². The van der Waals surface area contributed by atoms with Gasteiger partial charge in [-0.05, 0) is 18.4 Å². The van der Waals surface area contributed by atoms with Gasteiger partial charge in [-0.15, -0.1) is 6.58 Å². The molecule has 9 heavy (non-hydrogen) atoms. The van der Waals surface area contributed by atoms with Crippen LogP contribution in [0.1, 0.15) is 6.42 Å². The highest BCUT2D eigenvalue weighted by Crippen LogP contribution is 2.18. The van der Waals surface area contributed by atoms with Crippen molar-refractivity contribution >= 4 is 11.6 Å². The van der Waals surface area contributed by atoms with Crippen molar-refractivity contribution in [2.24, 2.45) is 5.92 Å². The molecule has 0 radical (unpaired) electrons. The fourth-order valence-electron chi connectivity index (χ4n) is 0.786. The standard InChI is InChI=1S/C8H9Cl/c1-2-7-3-5-8(9)6-4-7/h2-3,5-7H,1,4H2. The molecule has 0 heterocycles. The molecule has 0 aromatic carbocycles. The Hall–Kier alpha value is -0.490. The van der Waals surface area contributed by atoms with Crippen LogP contribution in [0.15, 0.2) is 35.9 Å². The number of hydrogen-bond acceptors (Lipinski definition) is 0. The molecule has 0 nitrogen and oxygen atoms in total. The summed E-state index contributed by atoms with van der Waals surface area (Å²) in [5.74, 6) is 0.493. The van der Waals surface area contributed by atoms with Crippen LogP contribution in [0.3, 0.4) is 0 Å². The van der Waals surface area contributed by atoms with Gasteiger partial charge in [-0.1, -0.05) is 29.8 Å². The maximum Gasteiger partial charge on any atom is 0.0363 e. The van der Waals surface area contributed by atoms with Crippen LogP contribution in [0.4, 0.5) is 0 Å². The number of allylic oxidation sites excluding steroid dienone is 5. The summed E-state index contributed by atoms with van der Waals surface area (Å²) in [6.45, 7) is 3.69. The number of hydrogen-bond donors (Lipinski definition) is 0. The second-order valence-corrected chi connectivity index (χ2v) is 2.52. The summed E-state index contributed by atoms with van der Waals surface area (Å²) in [4.78, 5) is 0. The van der Waals surface area contributed by atoms with Crippen molar-refractivity contribution in [1.82, 2.24) is 0 Å². The van der Waals surface area contributed by atoms with E-state index < -0.39 is 0 Å². The van der Waals surface area contributed by atoms with Gasteiger partial charge in [0.1, 0.15) is 0 Å². The Morgan fingerprint density at radius 3 is 3.00 bits per heavy atom. The second kappa shape index (κ2) is 2.88. The predicted octanol–water partition coefficient (Wildman–Crippen LogP) is 2.87. The lowest BCUT2D eigenvalue weighted by Crippen LogP contribution is -1.92. The summed E-state index contributed by atoms with van der Waals surface area (Å²) in [5.41, 5.74) is 0. The Bertz CT molecular complexity index is 165. The molecule has 0 saturated carbocycles. The van der Waals surface area contributed by atoms with Crippen molar-refractivity contribution in [3.8, 4) is 0 Å². The third-order valence-electron chi connectivity index (χ3n) is 1.39. The SMILES string of the molecule is C=CC1C=CC(Cl)=CC1. The second-order valence-electron chi connectivity index (χ2n) is 2.08. The van der Waals surface area contributed by atoms with Crippen LogP contribution in [0.25, 0.3) is 0 Å². The van der Waals surface area contributed by atoms with Crippen LogP contribution in [-0.2, 0) is 0 Å². The molecule has 0 aliphatic heterocycles. The van der Waals surface area contributed by atoms with Gasteiger partial charge >= 0.3 is 0 Å². The molecule has 0 amide bonds. The minimum Gasteiger partial charge on any atom is -0.102 e. The molecule has 0 bridgehead atoms. The first kappa shape index (κ1) is 6.63. The number of rotatable bonds is 1. The van der Waals surface area contributed by atoms with E-state index in [1.807, 2.05) is 18.2 Å². The first-order chi connectivity index (χ1) is 4.33. The highest BCUT2D eigenvalue weighted by atomic mass is 35.5. The molecule has 0 spiro atoms. The first-order valence-electron chi connectivity index (χ1n) is 2.99. The van der Waals surface area contributed by atoms with Gasteiger partial charge in [0.15, 0.2) is 0 Å². The van der Waals surface area contributed by atoms with Crippen LogP contribution in [-0.4, -0.2) is 0 Å².